The number of hydrogen-bond acceptors (Lipinski definition) is 2. The SMILES string of the molecule is Cc1cccc(O)c1C.N.O. The van der Waals surface area contributed by atoms with Crippen LogP contribution in [-0.4, -0.2) is 10.6 Å². The van der Waals surface area contributed by atoms with E-state index in [0.29, 0.717) is 5.75 Å². The van der Waals surface area contributed by atoms with Crippen molar-refractivity contribution in [1.29, 1.82) is 0 Å². The third-order valence-corrected chi connectivity index (χ3v) is 1.58. The Morgan fingerprint density at radius 1 is 1.18 bits per heavy atom. The molecule has 0 radical (unpaired) electrons. The van der Waals surface area contributed by atoms with Crippen molar-refractivity contribution in [2.24, 2.45) is 0 Å². The molecule has 0 saturated carbocycles. The maximum Gasteiger partial charge on any atom is 0.118 e. The molecule has 0 atom stereocenters. The fraction of sp³-hybridized carbons (Fsp3) is 0.250. The first-order valence-corrected chi connectivity index (χ1v) is 2.97. The summed E-state index contributed by atoms with van der Waals surface area (Å²) >= 11 is 0. The van der Waals surface area contributed by atoms with E-state index in [1.807, 2.05) is 26.0 Å². The molecule has 6 N–H and O–H groups in total. The number of phenolic OH excluding ortho intramolecular Hbond substituents is 1. The highest BCUT2D eigenvalue weighted by molar-refractivity contribution is 5.36. The van der Waals surface area contributed by atoms with Crippen LogP contribution in [-0.2, 0) is 0 Å². The second kappa shape index (κ2) is 4.71. The van der Waals surface area contributed by atoms with Crippen LogP contribution in [0.3, 0.4) is 0 Å². The van der Waals surface area contributed by atoms with Gasteiger partial charge in [-0.15, -0.1) is 0 Å². The molecule has 0 aliphatic rings. The summed E-state index contributed by atoms with van der Waals surface area (Å²) in [7, 11) is 0. The number of phenols is 1. The van der Waals surface area contributed by atoms with Crippen molar-refractivity contribution in [1.82, 2.24) is 6.15 Å². The van der Waals surface area contributed by atoms with Crippen LogP contribution in [0, 0.1) is 13.8 Å². The minimum atomic E-state index is 0. The molecule has 64 valence electrons. The highest BCUT2D eigenvalue weighted by Crippen LogP contribution is 2.17. The van der Waals surface area contributed by atoms with Gasteiger partial charge in [0.25, 0.3) is 0 Å². The van der Waals surface area contributed by atoms with Crippen LogP contribution in [0.2, 0.25) is 0 Å². The third-order valence-electron chi connectivity index (χ3n) is 1.58. The van der Waals surface area contributed by atoms with E-state index < -0.39 is 0 Å². The lowest BCUT2D eigenvalue weighted by Gasteiger charge is -1.99. The molecule has 0 spiro atoms. The first-order valence-electron chi connectivity index (χ1n) is 2.97. The second-order valence-electron chi connectivity index (χ2n) is 2.22. The predicted molar refractivity (Wildman–Crippen MR) is 46.2 cm³/mol. The zero-order chi connectivity index (χ0) is 6.85. The van der Waals surface area contributed by atoms with E-state index in [-0.39, 0.29) is 11.6 Å². The smallest absolute Gasteiger partial charge is 0.118 e. The maximum atomic E-state index is 9.10. The summed E-state index contributed by atoms with van der Waals surface area (Å²) in [6.07, 6.45) is 0. The summed E-state index contributed by atoms with van der Waals surface area (Å²) in [5, 5.41) is 9.10. The Labute approximate surface area is 66.6 Å². The van der Waals surface area contributed by atoms with Crippen LogP contribution in [0.15, 0.2) is 18.2 Å². The molecule has 11 heavy (non-hydrogen) atoms. The van der Waals surface area contributed by atoms with Gasteiger partial charge < -0.3 is 16.7 Å². The molecule has 1 aromatic carbocycles. The van der Waals surface area contributed by atoms with Gasteiger partial charge in [-0.25, -0.2) is 0 Å². The lowest BCUT2D eigenvalue weighted by atomic mass is 10.1. The zero-order valence-corrected chi connectivity index (χ0v) is 6.89. The Balaban J connectivity index is 0. The molecular weight excluding hydrogens is 142 g/mol. The number of benzene rings is 1. The van der Waals surface area contributed by atoms with E-state index in [1.54, 1.807) is 6.07 Å². The van der Waals surface area contributed by atoms with Gasteiger partial charge in [0.15, 0.2) is 0 Å². The molecule has 0 amide bonds. The zero-order valence-electron chi connectivity index (χ0n) is 6.89. The van der Waals surface area contributed by atoms with Crippen molar-refractivity contribution in [2.75, 3.05) is 0 Å². The van der Waals surface area contributed by atoms with Gasteiger partial charge in [-0.3, -0.25) is 0 Å². The first kappa shape index (κ1) is 12.6. The van der Waals surface area contributed by atoms with Gasteiger partial charge in [-0.1, -0.05) is 12.1 Å². The summed E-state index contributed by atoms with van der Waals surface area (Å²) in [6, 6.07) is 5.52. The van der Waals surface area contributed by atoms with Crippen LogP contribution in [0.1, 0.15) is 11.1 Å². The third kappa shape index (κ3) is 2.57. The number of aromatic hydroxyl groups is 1. The summed E-state index contributed by atoms with van der Waals surface area (Å²) in [5.74, 6) is 0.384. The second-order valence-corrected chi connectivity index (χ2v) is 2.22. The van der Waals surface area contributed by atoms with Crippen molar-refractivity contribution in [3.8, 4) is 5.75 Å². The molecular formula is C8H15NO2. The van der Waals surface area contributed by atoms with E-state index in [2.05, 4.69) is 0 Å². The fourth-order valence-electron chi connectivity index (χ4n) is 0.736. The van der Waals surface area contributed by atoms with Gasteiger partial charge in [-0.2, -0.15) is 0 Å². The van der Waals surface area contributed by atoms with E-state index in [9.17, 15) is 0 Å². The molecule has 3 heteroatoms. The Hall–Kier alpha value is -1.06. The van der Waals surface area contributed by atoms with Gasteiger partial charge in [-0.05, 0) is 31.0 Å². The van der Waals surface area contributed by atoms with Crippen molar-refractivity contribution in [3.05, 3.63) is 29.3 Å². The Kier molecular flexibility index (Phi) is 5.39. The van der Waals surface area contributed by atoms with Crippen LogP contribution in [0.25, 0.3) is 0 Å². The lowest BCUT2D eigenvalue weighted by Crippen LogP contribution is -1.78. The molecule has 3 nitrogen and oxygen atoms in total. The van der Waals surface area contributed by atoms with E-state index in [1.165, 1.54) is 0 Å². The van der Waals surface area contributed by atoms with Crippen LogP contribution < -0.4 is 6.15 Å². The van der Waals surface area contributed by atoms with Crippen LogP contribution in [0.5, 0.6) is 5.75 Å². The molecule has 0 fully saturated rings. The van der Waals surface area contributed by atoms with Crippen molar-refractivity contribution in [3.63, 3.8) is 0 Å². The molecule has 0 bridgehead atoms. The highest BCUT2D eigenvalue weighted by Gasteiger charge is 1.94. The molecule has 0 unspecified atom stereocenters. The van der Waals surface area contributed by atoms with E-state index >= 15 is 0 Å². The van der Waals surface area contributed by atoms with Gasteiger partial charge >= 0.3 is 0 Å². The Morgan fingerprint density at radius 2 is 1.73 bits per heavy atom. The van der Waals surface area contributed by atoms with Gasteiger partial charge in [0.2, 0.25) is 0 Å². The quantitative estimate of drug-likeness (QED) is 0.595. The molecule has 0 saturated heterocycles. The molecule has 1 rings (SSSR count). The first-order chi connectivity index (χ1) is 4.22. The topological polar surface area (TPSA) is 86.7 Å². The van der Waals surface area contributed by atoms with Crippen molar-refractivity contribution in [2.45, 2.75) is 13.8 Å². The minimum Gasteiger partial charge on any atom is -0.508 e. The van der Waals surface area contributed by atoms with E-state index in [4.69, 9.17) is 5.11 Å². The Morgan fingerprint density at radius 3 is 2.09 bits per heavy atom. The Bertz CT molecular complexity index is 203. The normalized spacial score (nSPS) is 7.82. The highest BCUT2D eigenvalue weighted by atomic mass is 16.3. The lowest BCUT2D eigenvalue weighted by molar-refractivity contribution is 0.470. The van der Waals surface area contributed by atoms with Gasteiger partial charge in [0.05, 0.1) is 0 Å². The molecule has 1 aromatic rings. The number of hydrogen-bond donors (Lipinski definition) is 2. The fourth-order valence-corrected chi connectivity index (χ4v) is 0.736. The largest absolute Gasteiger partial charge is 0.508 e. The number of aryl methyl sites for hydroxylation is 1. The summed E-state index contributed by atoms with van der Waals surface area (Å²) in [5.41, 5.74) is 2.10. The molecule has 0 aliphatic heterocycles. The molecule has 0 heterocycles. The van der Waals surface area contributed by atoms with Crippen LogP contribution in [0.4, 0.5) is 0 Å². The number of rotatable bonds is 0. The molecule has 0 aromatic heterocycles. The van der Waals surface area contributed by atoms with Crippen molar-refractivity contribution >= 4 is 0 Å². The standard InChI is InChI=1S/C8H10O.H3N.H2O/c1-6-4-3-5-8(9)7(6)2;;/h3-5,9H,1-2H3;1H3;1H2. The molecule has 0 aliphatic carbocycles. The average molecular weight is 157 g/mol. The average Bonchev–Trinajstić information content (AvgIpc) is 1.83. The maximum absolute atomic E-state index is 9.10. The minimum absolute atomic E-state index is 0. The monoisotopic (exact) mass is 157 g/mol. The van der Waals surface area contributed by atoms with Crippen molar-refractivity contribution < 1.29 is 10.6 Å². The van der Waals surface area contributed by atoms with Crippen LogP contribution >= 0.6 is 0 Å². The van der Waals surface area contributed by atoms with Gasteiger partial charge in [0, 0.05) is 0 Å². The van der Waals surface area contributed by atoms with E-state index in [0.717, 1.165) is 11.1 Å². The summed E-state index contributed by atoms with van der Waals surface area (Å²) in [4.78, 5) is 0. The summed E-state index contributed by atoms with van der Waals surface area (Å²) in [6.45, 7) is 3.89. The van der Waals surface area contributed by atoms with Gasteiger partial charge in [0.1, 0.15) is 5.75 Å². The predicted octanol–water partition coefficient (Wildman–Crippen LogP) is 1.35. The summed E-state index contributed by atoms with van der Waals surface area (Å²) < 4.78 is 0.